The second kappa shape index (κ2) is 4.41. The summed E-state index contributed by atoms with van der Waals surface area (Å²) in [7, 11) is 0. The van der Waals surface area contributed by atoms with Crippen molar-refractivity contribution < 1.29 is 10.0 Å². The van der Waals surface area contributed by atoms with Crippen LogP contribution < -0.4 is 0 Å². The topological polar surface area (TPSA) is 63.4 Å². The van der Waals surface area contributed by atoms with Crippen molar-refractivity contribution in [2.75, 3.05) is 0 Å². The first-order valence-electron chi connectivity index (χ1n) is 4.27. The van der Waals surface area contributed by atoms with Gasteiger partial charge in [0.15, 0.2) is 0 Å². The molecule has 0 aliphatic carbocycles. The molecule has 0 spiro atoms. The van der Waals surface area contributed by atoms with E-state index in [1.807, 2.05) is 6.92 Å². The molecule has 0 fully saturated rings. The van der Waals surface area contributed by atoms with Crippen LogP contribution in [0.5, 0.6) is 5.75 Å². The van der Waals surface area contributed by atoms with E-state index in [1.54, 1.807) is 18.2 Å². The second-order valence-corrected chi connectivity index (χ2v) is 2.84. The smallest absolute Gasteiger partial charge is 0.235 e. The molecule has 0 saturated heterocycles. The van der Waals surface area contributed by atoms with Crippen molar-refractivity contribution >= 4 is 6.08 Å². The molecule has 1 N–H and O–H groups in total. The fraction of sp³-hybridized carbons (Fsp3) is 0.200. The Labute approximate surface area is 81.6 Å². The normalized spacial score (nSPS) is 10.6. The quantitative estimate of drug-likeness (QED) is 0.591. The highest BCUT2D eigenvalue weighted by Gasteiger charge is 1.99. The average molecular weight is 193 g/mol. The fourth-order valence-corrected chi connectivity index (χ4v) is 1.14. The molecule has 0 heterocycles. The maximum absolute atomic E-state index is 10.1. The molecule has 0 radical (unpaired) electrons. The van der Waals surface area contributed by atoms with Gasteiger partial charge in [-0.2, -0.15) is 0 Å². The highest BCUT2D eigenvalue weighted by atomic mass is 16.6. The molecular weight excluding hydrogens is 182 g/mol. The number of nitrogens with zero attached hydrogens (tertiary/aromatic N) is 1. The van der Waals surface area contributed by atoms with E-state index in [0.717, 1.165) is 17.3 Å². The highest BCUT2D eigenvalue weighted by molar-refractivity contribution is 5.52. The molecule has 1 aromatic rings. The van der Waals surface area contributed by atoms with Crippen LogP contribution in [0, 0.1) is 10.1 Å². The second-order valence-electron chi connectivity index (χ2n) is 2.84. The van der Waals surface area contributed by atoms with Gasteiger partial charge < -0.3 is 5.11 Å². The maximum Gasteiger partial charge on any atom is 0.235 e. The fourth-order valence-electron chi connectivity index (χ4n) is 1.14. The number of benzene rings is 1. The van der Waals surface area contributed by atoms with Gasteiger partial charge in [0.1, 0.15) is 5.75 Å². The Hall–Kier alpha value is -1.84. The van der Waals surface area contributed by atoms with Crippen LogP contribution in [0.2, 0.25) is 0 Å². The lowest BCUT2D eigenvalue weighted by atomic mass is 10.1. The first kappa shape index (κ1) is 10.2. The molecule has 4 nitrogen and oxygen atoms in total. The van der Waals surface area contributed by atoms with Crippen molar-refractivity contribution in [2.24, 2.45) is 0 Å². The van der Waals surface area contributed by atoms with Gasteiger partial charge in [0, 0.05) is 6.08 Å². The summed E-state index contributed by atoms with van der Waals surface area (Å²) >= 11 is 0. The van der Waals surface area contributed by atoms with Gasteiger partial charge >= 0.3 is 0 Å². The van der Waals surface area contributed by atoms with Gasteiger partial charge in [-0.15, -0.1) is 0 Å². The Morgan fingerprint density at radius 1 is 1.57 bits per heavy atom. The largest absolute Gasteiger partial charge is 0.508 e. The number of phenols is 1. The highest BCUT2D eigenvalue weighted by Crippen LogP contribution is 2.19. The van der Waals surface area contributed by atoms with E-state index in [0.29, 0.717) is 6.42 Å². The van der Waals surface area contributed by atoms with Crippen molar-refractivity contribution in [1.29, 1.82) is 0 Å². The minimum absolute atomic E-state index is 0.228. The van der Waals surface area contributed by atoms with E-state index in [9.17, 15) is 15.2 Å². The molecule has 4 heteroatoms. The molecule has 0 amide bonds. The summed E-state index contributed by atoms with van der Waals surface area (Å²) in [5.41, 5.74) is 1.51. The summed E-state index contributed by atoms with van der Waals surface area (Å²) in [6.45, 7) is 1.91. The molecule has 0 aromatic heterocycles. The Morgan fingerprint density at radius 3 is 2.86 bits per heavy atom. The van der Waals surface area contributed by atoms with E-state index in [4.69, 9.17) is 0 Å². The molecule has 1 aromatic carbocycles. The average Bonchev–Trinajstić information content (AvgIpc) is 2.16. The van der Waals surface area contributed by atoms with Gasteiger partial charge in [-0.3, -0.25) is 10.1 Å². The number of rotatable bonds is 3. The van der Waals surface area contributed by atoms with Gasteiger partial charge in [-0.1, -0.05) is 13.0 Å². The lowest BCUT2D eigenvalue weighted by Crippen LogP contribution is -1.85. The van der Waals surface area contributed by atoms with Crippen molar-refractivity contribution in [3.8, 4) is 5.75 Å². The predicted molar refractivity (Wildman–Crippen MR) is 53.5 cm³/mol. The zero-order chi connectivity index (χ0) is 10.6. The SMILES string of the molecule is CCc1cc(/C=C\[N+](=O)[O-])ccc1O. The van der Waals surface area contributed by atoms with Gasteiger partial charge in [0.05, 0.1) is 4.92 Å². The number of aryl methyl sites for hydroxylation is 1. The van der Waals surface area contributed by atoms with E-state index >= 15 is 0 Å². The van der Waals surface area contributed by atoms with Crippen LogP contribution in [-0.2, 0) is 6.42 Å². The molecule has 0 atom stereocenters. The summed E-state index contributed by atoms with van der Waals surface area (Å²) in [5.74, 6) is 0.228. The third kappa shape index (κ3) is 2.58. The predicted octanol–water partition coefficient (Wildman–Crippen LogP) is 2.20. The Balaban J connectivity index is 2.95. The summed E-state index contributed by atoms with van der Waals surface area (Å²) in [6.07, 6.45) is 2.98. The Bertz CT molecular complexity index is 372. The summed E-state index contributed by atoms with van der Waals surface area (Å²) in [5, 5.41) is 19.4. The van der Waals surface area contributed by atoms with Crippen molar-refractivity contribution in [2.45, 2.75) is 13.3 Å². The van der Waals surface area contributed by atoms with Crippen LogP contribution in [0.3, 0.4) is 0 Å². The molecule has 74 valence electrons. The number of nitro groups is 1. The van der Waals surface area contributed by atoms with Crippen LogP contribution >= 0.6 is 0 Å². The van der Waals surface area contributed by atoms with Crippen LogP contribution in [0.15, 0.2) is 24.4 Å². The zero-order valence-electron chi connectivity index (χ0n) is 7.80. The third-order valence-corrected chi connectivity index (χ3v) is 1.87. The molecule has 0 aliphatic rings. The molecule has 0 aliphatic heterocycles. The van der Waals surface area contributed by atoms with E-state index < -0.39 is 4.92 Å². The summed E-state index contributed by atoms with van der Waals surface area (Å²) in [6, 6.07) is 4.91. The lowest BCUT2D eigenvalue weighted by Gasteiger charge is -2.01. The van der Waals surface area contributed by atoms with Crippen LogP contribution in [0.1, 0.15) is 18.1 Å². The number of hydrogen-bond donors (Lipinski definition) is 1. The van der Waals surface area contributed by atoms with Gasteiger partial charge in [0.25, 0.3) is 0 Å². The van der Waals surface area contributed by atoms with Crippen molar-refractivity contribution in [3.05, 3.63) is 45.6 Å². The molecular formula is C10H11NO3. The van der Waals surface area contributed by atoms with Crippen LogP contribution in [-0.4, -0.2) is 10.0 Å². The Morgan fingerprint density at radius 2 is 2.29 bits per heavy atom. The van der Waals surface area contributed by atoms with Crippen molar-refractivity contribution in [3.63, 3.8) is 0 Å². The van der Waals surface area contributed by atoms with E-state index in [-0.39, 0.29) is 5.75 Å². The summed E-state index contributed by atoms with van der Waals surface area (Å²) in [4.78, 5) is 9.55. The molecule has 0 bridgehead atoms. The number of aromatic hydroxyl groups is 1. The lowest BCUT2D eigenvalue weighted by molar-refractivity contribution is -0.400. The van der Waals surface area contributed by atoms with Gasteiger partial charge in [-0.25, -0.2) is 0 Å². The van der Waals surface area contributed by atoms with E-state index in [2.05, 4.69) is 0 Å². The summed E-state index contributed by atoms with van der Waals surface area (Å²) < 4.78 is 0. The Kier molecular flexibility index (Phi) is 3.23. The first-order valence-corrected chi connectivity index (χ1v) is 4.27. The maximum atomic E-state index is 10.1. The van der Waals surface area contributed by atoms with Crippen molar-refractivity contribution in [1.82, 2.24) is 0 Å². The third-order valence-electron chi connectivity index (χ3n) is 1.87. The first-order chi connectivity index (χ1) is 6.63. The molecule has 1 rings (SSSR count). The molecule has 0 unspecified atom stereocenters. The van der Waals surface area contributed by atoms with Gasteiger partial charge in [0.2, 0.25) is 6.20 Å². The van der Waals surface area contributed by atoms with Gasteiger partial charge in [-0.05, 0) is 29.7 Å². The number of phenolic OH excluding ortho intramolecular Hbond substituents is 1. The van der Waals surface area contributed by atoms with Crippen LogP contribution in [0.4, 0.5) is 0 Å². The minimum atomic E-state index is -0.515. The van der Waals surface area contributed by atoms with E-state index in [1.165, 1.54) is 6.08 Å². The molecule has 14 heavy (non-hydrogen) atoms. The standard InChI is InChI=1S/C10H11NO3/c1-2-9-7-8(3-4-10(9)12)5-6-11(13)14/h3-7,12H,2H2,1H3/b6-5-. The van der Waals surface area contributed by atoms with Crippen LogP contribution in [0.25, 0.3) is 6.08 Å². The minimum Gasteiger partial charge on any atom is -0.508 e. The zero-order valence-corrected chi connectivity index (χ0v) is 7.80. The number of hydrogen-bond acceptors (Lipinski definition) is 3. The molecule has 0 saturated carbocycles. The monoisotopic (exact) mass is 193 g/mol.